The topological polar surface area (TPSA) is 74.6 Å². The Morgan fingerprint density at radius 3 is 2.65 bits per heavy atom. The largest absolute Gasteiger partial charge is 0.497 e. The van der Waals surface area contributed by atoms with Crippen LogP contribution in [0, 0.1) is 11.8 Å². The van der Waals surface area contributed by atoms with Crippen molar-refractivity contribution < 1.29 is 19.0 Å². The smallest absolute Gasteiger partial charge is 0.270 e. The molecule has 1 aromatic heterocycles. The number of ether oxygens (including phenoxy) is 3. The number of carbonyl (C=O) groups is 1. The van der Waals surface area contributed by atoms with Gasteiger partial charge in [-0.25, -0.2) is 0 Å². The summed E-state index contributed by atoms with van der Waals surface area (Å²) >= 11 is 6.02. The number of aryl methyl sites for hydroxylation is 1. The van der Waals surface area contributed by atoms with Gasteiger partial charge < -0.3 is 19.5 Å². The van der Waals surface area contributed by atoms with Crippen molar-refractivity contribution in [3.63, 3.8) is 0 Å². The molecule has 8 heteroatoms. The van der Waals surface area contributed by atoms with Crippen LogP contribution >= 0.6 is 11.6 Å². The zero-order valence-corrected chi connectivity index (χ0v) is 18.2. The van der Waals surface area contributed by atoms with Crippen LogP contribution in [0.2, 0.25) is 5.02 Å². The Labute approximate surface area is 185 Å². The van der Waals surface area contributed by atoms with E-state index in [1.165, 1.54) is 4.68 Å². The third-order valence-electron chi connectivity index (χ3n) is 4.39. The van der Waals surface area contributed by atoms with E-state index in [-0.39, 0.29) is 19.1 Å². The minimum absolute atomic E-state index is 0.172. The van der Waals surface area contributed by atoms with Crippen molar-refractivity contribution >= 4 is 17.5 Å². The Bertz CT molecular complexity index is 1130. The zero-order chi connectivity index (χ0) is 22.2. The van der Waals surface area contributed by atoms with E-state index >= 15 is 0 Å². The second-order valence-electron chi connectivity index (χ2n) is 6.36. The van der Waals surface area contributed by atoms with Crippen molar-refractivity contribution in [3.8, 4) is 40.3 Å². The number of hydrogen-bond donors (Lipinski definition) is 1. The highest BCUT2D eigenvalue weighted by Crippen LogP contribution is 2.32. The van der Waals surface area contributed by atoms with Gasteiger partial charge in [0.25, 0.3) is 5.91 Å². The van der Waals surface area contributed by atoms with Gasteiger partial charge in [0.05, 0.1) is 31.5 Å². The molecule has 0 bridgehead atoms. The maximum atomic E-state index is 12.5. The molecule has 0 saturated heterocycles. The molecule has 0 spiro atoms. The van der Waals surface area contributed by atoms with Gasteiger partial charge >= 0.3 is 0 Å². The molecule has 0 saturated carbocycles. The zero-order valence-electron chi connectivity index (χ0n) is 17.4. The van der Waals surface area contributed by atoms with Gasteiger partial charge in [0, 0.05) is 12.6 Å². The molecule has 31 heavy (non-hydrogen) atoms. The maximum Gasteiger partial charge on any atom is 0.270 e. The van der Waals surface area contributed by atoms with E-state index in [4.69, 9.17) is 25.8 Å². The van der Waals surface area contributed by atoms with Crippen molar-refractivity contribution in [2.24, 2.45) is 7.05 Å². The van der Waals surface area contributed by atoms with Crippen LogP contribution in [-0.4, -0.2) is 43.1 Å². The first kappa shape index (κ1) is 22.1. The normalized spacial score (nSPS) is 10.1. The lowest BCUT2D eigenvalue weighted by atomic mass is 10.1. The van der Waals surface area contributed by atoms with Crippen molar-refractivity contribution in [3.05, 3.63) is 59.2 Å². The summed E-state index contributed by atoms with van der Waals surface area (Å²) < 4.78 is 17.7. The Kier molecular flexibility index (Phi) is 7.41. The number of para-hydroxylation sites is 1. The molecule has 0 radical (unpaired) electrons. The molecule has 0 aliphatic heterocycles. The number of amides is 1. The Morgan fingerprint density at radius 1 is 1.10 bits per heavy atom. The summed E-state index contributed by atoms with van der Waals surface area (Å²) in [6, 6.07) is 14.3. The van der Waals surface area contributed by atoms with Crippen LogP contribution in [0.15, 0.2) is 48.5 Å². The fourth-order valence-corrected chi connectivity index (χ4v) is 3.02. The van der Waals surface area contributed by atoms with Gasteiger partial charge in [0.1, 0.15) is 29.5 Å². The van der Waals surface area contributed by atoms with Gasteiger partial charge in [-0.1, -0.05) is 35.6 Å². The lowest BCUT2D eigenvalue weighted by molar-refractivity contribution is 0.0949. The molecule has 0 aliphatic carbocycles. The Balaban J connectivity index is 1.61. The number of nitrogens with one attached hydrogen (secondary N) is 1. The number of aromatic nitrogens is 2. The summed E-state index contributed by atoms with van der Waals surface area (Å²) in [5.41, 5.74) is 1.73. The van der Waals surface area contributed by atoms with E-state index < -0.39 is 0 Å². The quantitative estimate of drug-likeness (QED) is 0.570. The minimum Gasteiger partial charge on any atom is -0.497 e. The molecule has 1 heterocycles. The first-order valence-corrected chi connectivity index (χ1v) is 9.79. The number of carbonyl (C=O) groups excluding carboxylic acids is 1. The van der Waals surface area contributed by atoms with Gasteiger partial charge in [0.2, 0.25) is 0 Å². The predicted octanol–water partition coefficient (Wildman–Crippen LogP) is 3.57. The standard InChI is InChI=1S/C23H22ClN3O4/c1-27-20(15-19(26-27)17-14-16(29-2)10-11-21(17)30-3)23(28)25-12-6-7-13-31-22-9-5-4-8-18(22)24/h4-5,8-11,14-15H,12-13H2,1-3H3,(H,25,28). The van der Waals surface area contributed by atoms with E-state index in [9.17, 15) is 4.79 Å². The average Bonchev–Trinajstić information content (AvgIpc) is 3.18. The van der Waals surface area contributed by atoms with Gasteiger partial charge in [-0.2, -0.15) is 5.10 Å². The number of halogens is 1. The van der Waals surface area contributed by atoms with Crippen LogP contribution in [0.4, 0.5) is 0 Å². The number of rotatable bonds is 7. The van der Waals surface area contributed by atoms with E-state index in [1.54, 1.807) is 51.6 Å². The summed E-state index contributed by atoms with van der Waals surface area (Å²) in [6.07, 6.45) is 0. The highest BCUT2D eigenvalue weighted by Gasteiger charge is 2.17. The summed E-state index contributed by atoms with van der Waals surface area (Å²) in [7, 11) is 4.87. The molecule has 0 aliphatic rings. The van der Waals surface area contributed by atoms with Crippen LogP contribution in [0.3, 0.4) is 0 Å². The summed E-state index contributed by atoms with van der Waals surface area (Å²) in [6.45, 7) is 0.346. The highest BCUT2D eigenvalue weighted by molar-refractivity contribution is 6.32. The van der Waals surface area contributed by atoms with Crippen molar-refractivity contribution in [1.82, 2.24) is 15.1 Å². The number of benzene rings is 2. The van der Waals surface area contributed by atoms with Crippen molar-refractivity contribution in [1.29, 1.82) is 0 Å². The first-order valence-electron chi connectivity index (χ1n) is 9.41. The molecule has 0 atom stereocenters. The molecular weight excluding hydrogens is 418 g/mol. The van der Waals surface area contributed by atoms with Gasteiger partial charge in [-0.15, -0.1) is 0 Å². The number of hydrogen-bond acceptors (Lipinski definition) is 5. The molecule has 1 amide bonds. The molecule has 7 nitrogen and oxygen atoms in total. The van der Waals surface area contributed by atoms with Crippen LogP contribution < -0.4 is 19.5 Å². The summed E-state index contributed by atoms with van der Waals surface area (Å²) in [5, 5.41) is 7.72. The Hall–Kier alpha value is -3.63. The predicted molar refractivity (Wildman–Crippen MR) is 119 cm³/mol. The average molecular weight is 440 g/mol. The number of nitrogens with zero attached hydrogens (tertiary/aromatic N) is 2. The first-order chi connectivity index (χ1) is 15.0. The molecule has 0 unspecified atom stereocenters. The molecule has 2 aromatic carbocycles. The van der Waals surface area contributed by atoms with E-state index in [0.717, 1.165) is 5.56 Å². The maximum absolute atomic E-state index is 12.5. The van der Waals surface area contributed by atoms with Crippen LogP contribution in [0.5, 0.6) is 17.2 Å². The molecular formula is C23H22ClN3O4. The fraction of sp³-hybridized carbons (Fsp3) is 0.217. The van der Waals surface area contributed by atoms with Gasteiger partial charge in [-0.3, -0.25) is 9.48 Å². The lowest BCUT2D eigenvalue weighted by Crippen LogP contribution is -2.25. The third-order valence-corrected chi connectivity index (χ3v) is 4.71. The highest BCUT2D eigenvalue weighted by atomic mass is 35.5. The fourth-order valence-electron chi connectivity index (χ4n) is 2.83. The van der Waals surface area contributed by atoms with Crippen LogP contribution in [0.1, 0.15) is 10.5 Å². The summed E-state index contributed by atoms with van der Waals surface area (Å²) in [4.78, 5) is 12.5. The minimum atomic E-state index is -0.288. The monoisotopic (exact) mass is 439 g/mol. The van der Waals surface area contributed by atoms with Crippen molar-refractivity contribution in [2.75, 3.05) is 27.4 Å². The second-order valence-corrected chi connectivity index (χ2v) is 6.77. The van der Waals surface area contributed by atoms with Crippen LogP contribution in [-0.2, 0) is 7.05 Å². The lowest BCUT2D eigenvalue weighted by Gasteiger charge is -2.08. The molecule has 3 aromatic rings. The van der Waals surface area contributed by atoms with E-state index in [1.807, 2.05) is 18.2 Å². The molecule has 3 rings (SSSR count). The number of methoxy groups -OCH3 is 2. The molecule has 160 valence electrons. The SMILES string of the molecule is COc1ccc(OC)c(-c2cc(C(=O)NCC#CCOc3ccccc3Cl)n(C)n2)c1. The van der Waals surface area contributed by atoms with Crippen molar-refractivity contribution in [2.45, 2.75) is 0 Å². The van der Waals surface area contributed by atoms with Crippen LogP contribution in [0.25, 0.3) is 11.3 Å². The summed E-state index contributed by atoms with van der Waals surface area (Å²) in [5.74, 6) is 7.28. The van der Waals surface area contributed by atoms with Gasteiger partial charge in [0.15, 0.2) is 0 Å². The molecule has 0 fully saturated rings. The van der Waals surface area contributed by atoms with E-state index in [0.29, 0.717) is 33.7 Å². The van der Waals surface area contributed by atoms with Gasteiger partial charge in [-0.05, 0) is 36.4 Å². The second kappa shape index (κ2) is 10.4. The Morgan fingerprint density at radius 2 is 1.90 bits per heavy atom. The third kappa shape index (κ3) is 5.50. The molecule has 1 N–H and O–H groups in total. The van der Waals surface area contributed by atoms with E-state index in [2.05, 4.69) is 22.3 Å².